The molecule has 2 N–H and O–H groups in total. The molecule has 2 rings (SSSR count). The Morgan fingerprint density at radius 3 is 2.53 bits per heavy atom. The van der Waals surface area contributed by atoms with Crippen LogP contribution >= 0.6 is 11.6 Å². The average Bonchev–Trinajstić information content (AvgIpc) is 2.46. The number of alkyl halides is 1. The quantitative estimate of drug-likeness (QED) is 0.834. The smallest absolute Gasteiger partial charge is 0.242 e. The van der Waals surface area contributed by atoms with Crippen molar-refractivity contribution in [3.05, 3.63) is 35.9 Å². The molecule has 1 amide bonds. The van der Waals surface area contributed by atoms with Crippen molar-refractivity contribution in [1.82, 2.24) is 5.32 Å². The van der Waals surface area contributed by atoms with E-state index >= 15 is 0 Å². The molecule has 1 aromatic rings. The Morgan fingerprint density at radius 1 is 1.26 bits per heavy atom. The second-order valence-corrected chi connectivity index (χ2v) is 5.63. The van der Waals surface area contributed by atoms with E-state index in [-0.39, 0.29) is 12.0 Å². The van der Waals surface area contributed by atoms with Crippen molar-refractivity contribution in [2.75, 3.05) is 6.54 Å². The Balaban J connectivity index is 1.78. The van der Waals surface area contributed by atoms with Crippen molar-refractivity contribution in [2.24, 2.45) is 5.92 Å². The van der Waals surface area contributed by atoms with Crippen molar-refractivity contribution in [1.29, 1.82) is 0 Å². The predicted molar refractivity (Wildman–Crippen MR) is 76.0 cm³/mol. The van der Waals surface area contributed by atoms with Gasteiger partial charge in [-0.1, -0.05) is 30.3 Å². The number of rotatable bonds is 4. The van der Waals surface area contributed by atoms with Crippen LogP contribution in [-0.2, 0) is 4.79 Å². The zero-order chi connectivity index (χ0) is 13.7. The molecule has 1 unspecified atom stereocenters. The van der Waals surface area contributed by atoms with Gasteiger partial charge in [-0.25, -0.2) is 0 Å². The summed E-state index contributed by atoms with van der Waals surface area (Å²) in [6.07, 6.45) is 3.46. The van der Waals surface area contributed by atoms with Crippen molar-refractivity contribution in [3.8, 4) is 0 Å². The fourth-order valence-electron chi connectivity index (χ4n) is 2.46. The van der Waals surface area contributed by atoms with Crippen LogP contribution in [0.15, 0.2) is 30.3 Å². The molecule has 1 aromatic carbocycles. The first kappa shape index (κ1) is 14.4. The molecule has 0 aliphatic heterocycles. The molecule has 19 heavy (non-hydrogen) atoms. The first-order valence-electron chi connectivity index (χ1n) is 6.81. The molecular weight excluding hydrogens is 262 g/mol. The molecule has 1 aliphatic carbocycles. The molecule has 1 atom stereocenters. The normalized spacial score (nSPS) is 24.7. The van der Waals surface area contributed by atoms with Crippen LogP contribution in [0, 0.1) is 5.92 Å². The number of carbonyl (C=O) groups excluding carboxylic acids is 1. The molecule has 4 heteroatoms. The van der Waals surface area contributed by atoms with E-state index in [0.717, 1.165) is 31.2 Å². The number of hydrogen-bond acceptors (Lipinski definition) is 2. The summed E-state index contributed by atoms with van der Waals surface area (Å²) in [7, 11) is 0. The van der Waals surface area contributed by atoms with Crippen LogP contribution in [-0.4, -0.2) is 23.7 Å². The molecular formula is C15H20ClNO2. The van der Waals surface area contributed by atoms with E-state index in [1.165, 1.54) is 0 Å². The molecule has 0 spiro atoms. The van der Waals surface area contributed by atoms with Crippen LogP contribution in [0.2, 0.25) is 0 Å². The number of halogens is 1. The number of benzene rings is 1. The fraction of sp³-hybridized carbons (Fsp3) is 0.533. The van der Waals surface area contributed by atoms with Gasteiger partial charge in [-0.05, 0) is 37.2 Å². The first-order chi connectivity index (χ1) is 9.16. The monoisotopic (exact) mass is 281 g/mol. The predicted octanol–water partition coefficient (Wildman–Crippen LogP) is 2.63. The minimum atomic E-state index is -0.629. The summed E-state index contributed by atoms with van der Waals surface area (Å²) in [5, 5.41) is 11.7. The molecule has 0 aromatic heterocycles. The van der Waals surface area contributed by atoms with Gasteiger partial charge in [-0.2, -0.15) is 0 Å². The molecule has 0 heterocycles. The highest BCUT2D eigenvalue weighted by atomic mass is 35.5. The number of carbonyl (C=O) groups is 1. The lowest BCUT2D eigenvalue weighted by molar-refractivity contribution is -0.121. The van der Waals surface area contributed by atoms with Crippen LogP contribution in [0.5, 0.6) is 0 Å². The molecule has 1 fully saturated rings. The van der Waals surface area contributed by atoms with Gasteiger partial charge >= 0.3 is 0 Å². The summed E-state index contributed by atoms with van der Waals surface area (Å²) >= 11 is 6.15. The van der Waals surface area contributed by atoms with E-state index in [2.05, 4.69) is 5.32 Å². The first-order valence-corrected chi connectivity index (χ1v) is 7.25. The van der Waals surface area contributed by atoms with Gasteiger partial charge in [-0.15, -0.1) is 11.6 Å². The topological polar surface area (TPSA) is 49.3 Å². The lowest BCUT2D eigenvalue weighted by Crippen LogP contribution is -2.33. The van der Waals surface area contributed by atoms with Crippen molar-refractivity contribution < 1.29 is 9.90 Å². The standard InChI is InChI=1S/C15H20ClNO2/c16-14(12-4-2-1-3-5-12)15(19)17-10-11-6-8-13(18)9-7-11/h1-5,11,13-14,18H,6-10H2,(H,17,19). The minimum Gasteiger partial charge on any atom is -0.393 e. The van der Waals surface area contributed by atoms with Gasteiger partial charge < -0.3 is 10.4 Å². The van der Waals surface area contributed by atoms with Crippen LogP contribution < -0.4 is 5.32 Å². The molecule has 0 bridgehead atoms. The van der Waals surface area contributed by atoms with Gasteiger partial charge in [0.25, 0.3) is 0 Å². The van der Waals surface area contributed by atoms with Gasteiger partial charge in [0.1, 0.15) is 5.38 Å². The second kappa shape index (κ2) is 6.92. The van der Waals surface area contributed by atoms with E-state index in [9.17, 15) is 9.90 Å². The third-order valence-corrected chi connectivity index (χ3v) is 4.15. The van der Waals surface area contributed by atoms with Gasteiger partial charge in [0.15, 0.2) is 0 Å². The molecule has 0 radical (unpaired) electrons. The van der Waals surface area contributed by atoms with Crippen molar-refractivity contribution >= 4 is 17.5 Å². The van der Waals surface area contributed by atoms with Crippen molar-refractivity contribution in [3.63, 3.8) is 0 Å². The maximum absolute atomic E-state index is 12.0. The van der Waals surface area contributed by atoms with E-state index in [0.29, 0.717) is 12.5 Å². The lowest BCUT2D eigenvalue weighted by Gasteiger charge is -2.25. The highest BCUT2D eigenvalue weighted by Gasteiger charge is 2.22. The van der Waals surface area contributed by atoms with Crippen LogP contribution in [0.25, 0.3) is 0 Å². The van der Waals surface area contributed by atoms with E-state index < -0.39 is 5.38 Å². The Morgan fingerprint density at radius 2 is 1.89 bits per heavy atom. The number of amides is 1. The van der Waals surface area contributed by atoms with E-state index in [1.807, 2.05) is 30.3 Å². The number of hydrogen-bond donors (Lipinski definition) is 2. The minimum absolute atomic E-state index is 0.140. The third-order valence-electron chi connectivity index (χ3n) is 3.70. The van der Waals surface area contributed by atoms with Crippen molar-refractivity contribution in [2.45, 2.75) is 37.2 Å². The zero-order valence-electron chi connectivity index (χ0n) is 10.9. The molecule has 0 saturated heterocycles. The van der Waals surface area contributed by atoms with Gasteiger partial charge in [0.2, 0.25) is 5.91 Å². The summed E-state index contributed by atoms with van der Waals surface area (Å²) in [6.45, 7) is 0.654. The van der Waals surface area contributed by atoms with Gasteiger partial charge in [0, 0.05) is 6.54 Å². The van der Waals surface area contributed by atoms with Crippen LogP contribution in [0.4, 0.5) is 0 Å². The van der Waals surface area contributed by atoms with Crippen LogP contribution in [0.3, 0.4) is 0 Å². The molecule has 1 aliphatic rings. The molecule has 1 saturated carbocycles. The second-order valence-electron chi connectivity index (χ2n) is 5.19. The van der Waals surface area contributed by atoms with Gasteiger partial charge in [-0.3, -0.25) is 4.79 Å². The third kappa shape index (κ3) is 4.22. The van der Waals surface area contributed by atoms with Crippen LogP contribution in [0.1, 0.15) is 36.6 Å². The summed E-state index contributed by atoms with van der Waals surface area (Å²) in [4.78, 5) is 12.0. The maximum atomic E-state index is 12.0. The molecule has 104 valence electrons. The van der Waals surface area contributed by atoms with E-state index in [1.54, 1.807) is 0 Å². The lowest BCUT2D eigenvalue weighted by atomic mass is 9.87. The van der Waals surface area contributed by atoms with E-state index in [4.69, 9.17) is 11.6 Å². The highest BCUT2D eigenvalue weighted by Crippen LogP contribution is 2.24. The Labute approximate surface area is 119 Å². The summed E-state index contributed by atoms with van der Waals surface area (Å²) in [5.41, 5.74) is 0.820. The summed E-state index contributed by atoms with van der Waals surface area (Å²) in [6, 6.07) is 9.36. The maximum Gasteiger partial charge on any atom is 0.242 e. The Hall–Kier alpha value is -1.06. The summed E-state index contributed by atoms with van der Waals surface area (Å²) < 4.78 is 0. The molecule has 3 nitrogen and oxygen atoms in total. The number of nitrogens with one attached hydrogen (secondary N) is 1. The Bertz CT molecular complexity index is 402. The van der Waals surface area contributed by atoms with Gasteiger partial charge in [0.05, 0.1) is 6.10 Å². The Kier molecular flexibility index (Phi) is 5.23. The largest absolute Gasteiger partial charge is 0.393 e. The number of aliphatic hydroxyl groups excluding tert-OH is 1. The summed E-state index contributed by atoms with van der Waals surface area (Å²) in [5.74, 6) is 0.325. The average molecular weight is 282 g/mol. The highest BCUT2D eigenvalue weighted by molar-refractivity contribution is 6.30. The SMILES string of the molecule is O=C(NCC1CCC(O)CC1)C(Cl)c1ccccc1. The zero-order valence-corrected chi connectivity index (χ0v) is 11.6. The number of aliphatic hydroxyl groups is 1. The fourth-order valence-corrected chi connectivity index (χ4v) is 2.68.